The fourth-order valence-corrected chi connectivity index (χ4v) is 4.34. The first-order chi connectivity index (χ1) is 13.5. The predicted octanol–water partition coefficient (Wildman–Crippen LogP) is 3.02. The number of nitrogens with zero attached hydrogens (tertiary/aromatic N) is 2. The van der Waals surface area contributed by atoms with Crippen LogP contribution in [0.1, 0.15) is 16.1 Å². The average Bonchev–Trinajstić information content (AvgIpc) is 3.39. The highest BCUT2D eigenvalue weighted by molar-refractivity contribution is 7.89. The van der Waals surface area contributed by atoms with E-state index in [0.29, 0.717) is 16.7 Å². The van der Waals surface area contributed by atoms with Crippen molar-refractivity contribution < 1.29 is 17.6 Å². The van der Waals surface area contributed by atoms with Crippen molar-refractivity contribution in [1.29, 1.82) is 0 Å². The molecule has 0 aliphatic heterocycles. The van der Waals surface area contributed by atoms with Gasteiger partial charge in [-0.2, -0.15) is 8.75 Å². The Morgan fingerprint density at radius 1 is 1.04 bits per heavy atom. The Hall–Kier alpha value is -3.08. The number of carbonyl (C=O) groups is 1. The predicted molar refractivity (Wildman–Crippen MR) is 105 cm³/mol. The van der Waals surface area contributed by atoms with E-state index in [0.717, 1.165) is 17.3 Å². The van der Waals surface area contributed by atoms with Crippen LogP contribution < -0.4 is 10.0 Å². The van der Waals surface area contributed by atoms with Gasteiger partial charge in [0, 0.05) is 12.2 Å². The van der Waals surface area contributed by atoms with Gasteiger partial charge in [-0.1, -0.05) is 18.2 Å². The molecule has 4 rings (SSSR count). The zero-order chi connectivity index (χ0) is 19.6. The highest BCUT2D eigenvalue weighted by Gasteiger charge is 2.19. The van der Waals surface area contributed by atoms with Gasteiger partial charge in [-0.25, -0.2) is 13.1 Å². The molecule has 0 atom stereocenters. The Morgan fingerprint density at radius 3 is 2.61 bits per heavy atom. The van der Waals surface area contributed by atoms with E-state index in [1.807, 2.05) is 0 Å². The molecule has 0 bridgehead atoms. The number of hydrogen-bond donors (Lipinski definition) is 2. The molecule has 2 heterocycles. The van der Waals surface area contributed by atoms with Crippen molar-refractivity contribution in [1.82, 2.24) is 13.5 Å². The van der Waals surface area contributed by atoms with Crippen molar-refractivity contribution >= 4 is 44.4 Å². The van der Waals surface area contributed by atoms with Crippen LogP contribution in [0, 0.1) is 0 Å². The molecule has 1 amide bonds. The highest BCUT2D eigenvalue weighted by atomic mass is 32.2. The number of anilines is 1. The smallest absolute Gasteiger partial charge is 0.291 e. The Morgan fingerprint density at radius 2 is 1.86 bits per heavy atom. The molecule has 0 unspecified atom stereocenters. The van der Waals surface area contributed by atoms with Gasteiger partial charge in [0.1, 0.15) is 15.9 Å². The number of aromatic nitrogens is 2. The topological polar surface area (TPSA) is 114 Å². The fraction of sp³-hybridized carbons (Fsp3) is 0.0556. The molecule has 0 aliphatic carbocycles. The van der Waals surface area contributed by atoms with E-state index < -0.39 is 10.0 Å². The van der Waals surface area contributed by atoms with Gasteiger partial charge in [-0.3, -0.25) is 4.79 Å². The molecule has 0 radical (unpaired) electrons. The molecule has 0 saturated heterocycles. The molecule has 142 valence electrons. The van der Waals surface area contributed by atoms with Crippen molar-refractivity contribution in [2.75, 3.05) is 5.32 Å². The summed E-state index contributed by atoms with van der Waals surface area (Å²) in [5.74, 6) is -0.147. The van der Waals surface area contributed by atoms with Gasteiger partial charge >= 0.3 is 0 Å². The van der Waals surface area contributed by atoms with Gasteiger partial charge in [-0.05, 0) is 42.0 Å². The number of sulfonamides is 1. The summed E-state index contributed by atoms with van der Waals surface area (Å²) in [6.45, 7) is 0.0999. The number of hydrogen-bond acceptors (Lipinski definition) is 7. The summed E-state index contributed by atoms with van der Waals surface area (Å²) in [7, 11) is -3.74. The number of rotatable bonds is 6. The number of carbonyl (C=O) groups excluding carboxylic acids is 1. The van der Waals surface area contributed by atoms with Gasteiger partial charge in [0.2, 0.25) is 10.0 Å². The largest absolute Gasteiger partial charge is 0.459 e. The van der Waals surface area contributed by atoms with E-state index in [2.05, 4.69) is 18.8 Å². The molecule has 2 aromatic heterocycles. The van der Waals surface area contributed by atoms with Crippen LogP contribution in [0.5, 0.6) is 0 Å². The summed E-state index contributed by atoms with van der Waals surface area (Å²) in [6.07, 6.45) is 1.42. The lowest BCUT2D eigenvalue weighted by atomic mass is 10.2. The molecular formula is C18H14N4O4S2. The lowest BCUT2D eigenvalue weighted by Gasteiger charge is -2.08. The molecule has 8 nitrogen and oxygen atoms in total. The van der Waals surface area contributed by atoms with Crippen LogP contribution in [0.4, 0.5) is 5.69 Å². The van der Waals surface area contributed by atoms with Crippen LogP contribution in [-0.4, -0.2) is 23.1 Å². The van der Waals surface area contributed by atoms with Crippen LogP contribution in [0.2, 0.25) is 0 Å². The second-order valence-corrected chi connectivity index (χ2v) is 8.10. The Balaban J connectivity index is 1.43. The maximum Gasteiger partial charge on any atom is 0.291 e. The number of nitrogens with one attached hydrogen (secondary N) is 2. The first-order valence-electron chi connectivity index (χ1n) is 8.18. The molecule has 0 saturated carbocycles. The number of furan rings is 1. The molecule has 0 aliphatic rings. The third-order valence-electron chi connectivity index (χ3n) is 3.96. The van der Waals surface area contributed by atoms with Crippen molar-refractivity contribution in [3.8, 4) is 0 Å². The number of fused-ring (bicyclic) bond motifs is 1. The minimum absolute atomic E-state index is 0.0982. The van der Waals surface area contributed by atoms with E-state index >= 15 is 0 Å². The minimum Gasteiger partial charge on any atom is -0.459 e. The van der Waals surface area contributed by atoms with E-state index in [9.17, 15) is 13.2 Å². The summed E-state index contributed by atoms with van der Waals surface area (Å²) in [6, 6.07) is 14.9. The van der Waals surface area contributed by atoms with E-state index in [-0.39, 0.29) is 23.1 Å². The summed E-state index contributed by atoms with van der Waals surface area (Å²) in [5, 5.41) is 2.70. The van der Waals surface area contributed by atoms with Crippen LogP contribution in [0.15, 0.2) is 70.2 Å². The van der Waals surface area contributed by atoms with E-state index in [4.69, 9.17) is 4.42 Å². The van der Waals surface area contributed by atoms with Gasteiger partial charge in [0.25, 0.3) is 5.91 Å². The summed E-state index contributed by atoms with van der Waals surface area (Å²) in [5.41, 5.74) is 2.22. The van der Waals surface area contributed by atoms with Gasteiger partial charge in [0.05, 0.1) is 18.0 Å². The second kappa shape index (κ2) is 7.50. The van der Waals surface area contributed by atoms with Gasteiger partial charge in [0.15, 0.2) is 5.76 Å². The van der Waals surface area contributed by atoms with Gasteiger partial charge in [-0.15, -0.1) is 0 Å². The third kappa shape index (κ3) is 3.79. The Kier molecular flexibility index (Phi) is 4.90. The zero-order valence-corrected chi connectivity index (χ0v) is 16.0. The first kappa shape index (κ1) is 18.3. The number of amides is 1. The van der Waals surface area contributed by atoms with E-state index in [1.165, 1.54) is 12.3 Å². The lowest BCUT2D eigenvalue weighted by Crippen LogP contribution is -2.23. The molecule has 0 fully saturated rings. The maximum atomic E-state index is 12.6. The standard InChI is InChI=1S/C18H14N4O4S2/c23-18(15-4-2-10-26-15)20-13-8-6-12(7-9-13)11-19-28(24,25)16-5-1-3-14-17(16)22-27-21-14/h1-10,19H,11H2,(H,20,23). The number of benzene rings is 2. The molecule has 2 aromatic carbocycles. The molecule has 4 aromatic rings. The maximum absolute atomic E-state index is 12.6. The summed E-state index contributed by atoms with van der Waals surface area (Å²) >= 11 is 0.970. The highest BCUT2D eigenvalue weighted by Crippen LogP contribution is 2.21. The zero-order valence-electron chi connectivity index (χ0n) is 14.3. The molecule has 0 spiro atoms. The molecular weight excluding hydrogens is 400 g/mol. The molecule has 28 heavy (non-hydrogen) atoms. The van der Waals surface area contributed by atoms with Crippen LogP contribution in [0.25, 0.3) is 11.0 Å². The molecule has 10 heteroatoms. The van der Waals surface area contributed by atoms with Crippen LogP contribution >= 0.6 is 11.7 Å². The lowest BCUT2D eigenvalue weighted by molar-refractivity contribution is 0.0996. The normalized spacial score (nSPS) is 11.6. The SMILES string of the molecule is O=C(Nc1ccc(CNS(=O)(=O)c2cccc3nsnc23)cc1)c1ccco1. The van der Waals surface area contributed by atoms with Gasteiger partial charge < -0.3 is 9.73 Å². The van der Waals surface area contributed by atoms with Crippen molar-refractivity contribution in [3.05, 3.63) is 72.2 Å². The first-order valence-corrected chi connectivity index (χ1v) is 10.4. The van der Waals surface area contributed by atoms with Crippen molar-refractivity contribution in [2.24, 2.45) is 0 Å². The van der Waals surface area contributed by atoms with Crippen LogP contribution in [-0.2, 0) is 16.6 Å². The Labute approximate surface area is 164 Å². The van der Waals surface area contributed by atoms with E-state index in [1.54, 1.807) is 48.5 Å². The third-order valence-corrected chi connectivity index (χ3v) is 5.94. The monoisotopic (exact) mass is 414 g/mol. The van der Waals surface area contributed by atoms with Crippen molar-refractivity contribution in [3.63, 3.8) is 0 Å². The summed E-state index contributed by atoms with van der Waals surface area (Å²) < 4.78 is 41.0. The Bertz CT molecular complexity index is 1220. The van der Waals surface area contributed by atoms with Crippen molar-refractivity contribution in [2.45, 2.75) is 11.4 Å². The summed E-state index contributed by atoms with van der Waals surface area (Å²) in [4.78, 5) is 12.1. The average molecular weight is 414 g/mol. The second-order valence-electron chi connectivity index (χ2n) is 5.84. The quantitative estimate of drug-likeness (QED) is 0.501. The minimum atomic E-state index is -3.74. The molecule has 2 N–H and O–H groups in total. The van der Waals surface area contributed by atoms with Crippen LogP contribution in [0.3, 0.4) is 0 Å². The fourth-order valence-electron chi connectivity index (χ4n) is 2.56.